The first-order valence-corrected chi connectivity index (χ1v) is 9.99. The third kappa shape index (κ3) is 4.83. The molecule has 31 heavy (non-hydrogen) atoms. The molecule has 2 aliphatic carbocycles. The van der Waals surface area contributed by atoms with Gasteiger partial charge in [-0.25, -0.2) is 0 Å². The largest absolute Gasteiger partial charge is 0.435 e. The van der Waals surface area contributed by atoms with Crippen LogP contribution in [-0.4, -0.2) is 49.4 Å². The molecule has 2 N–H and O–H groups in total. The Hall–Kier alpha value is -2.24. The summed E-state index contributed by atoms with van der Waals surface area (Å²) in [6.07, 6.45) is 5.07. The first kappa shape index (κ1) is 23.4. The summed E-state index contributed by atoms with van der Waals surface area (Å²) in [5.41, 5.74) is 0.747. The molecule has 1 aromatic rings. The zero-order chi connectivity index (χ0) is 21.3. The van der Waals surface area contributed by atoms with E-state index in [1.165, 1.54) is 17.0 Å². The zero-order valence-corrected chi connectivity index (χ0v) is 19.3. The fourth-order valence-electron chi connectivity index (χ4n) is 4.71. The predicted molar refractivity (Wildman–Crippen MR) is 121 cm³/mol. The highest BCUT2D eigenvalue weighted by molar-refractivity contribution is 14.0. The fraction of sp³-hybridized carbons (Fsp3) is 0.476. The van der Waals surface area contributed by atoms with Crippen molar-refractivity contribution in [3.8, 4) is 5.75 Å². The SMILES string of the molecule is CN=C(NCCN1C(=O)C2C3C=CC(C3)C2C1=O)NCc1cccc(OC(F)F)c1.I. The van der Waals surface area contributed by atoms with Gasteiger partial charge in [0.2, 0.25) is 11.8 Å². The predicted octanol–water partition coefficient (Wildman–Crippen LogP) is 2.38. The Morgan fingerprint density at radius 3 is 2.48 bits per heavy atom. The number of allylic oxidation sites excluding steroid dienone is 2. The van der Waals surface area contributed by atoms with E-state index >= 15 is 0 Å². The highest BCUT2D eigenvalue weighted by Gasteiger charge is 2.58. The molecule has 4 atom stereocenters. The van der Waals surface area contributed by atoms with Gasteiger partial charge < -0.3 is 15.4 Å². The van der Waals surface area contributed by atoms with Crippen molar-refractivity contribution >= 4 is 41.8 Å². The molecule has 2 bridgehead atoms. The van der Waals surface area contributed by atoms with Crippen LogP contribution in [0.2, 0.25) is 0 Å². The number of ether oxygens (including phenoxy) is 1. The van der Waals surface area contributed by atoms with Gasteiger partial charge in [-0.15, -0.1) is 24.0 Å². The Kier molecular flexibility index (Phi) is 7.50. The molecule has 2 fully saturated rings. The first-order valence-electron chi connectivity index (χ1n) is 9.99. The van der Waals surface area contributed by atoms with Gasteiger partial charge in [-0.1, -0.05) is 24.3 Å². The number of carbonyl (C=O) groups is 2. The topological polar surface area (TPSA) is 83.0 Å². The number of fused-ring (bicyclic) bond motifs is 5. The molecule has 1 aromatic carbocycles. The van der Waals surface area contributed by atoms with E-state index in [4.69, 9.17) is 0 Å². The summed E-state index contributed by atoms with van der Waals surface area (Å²) in [6.45, 7) is -1.87. The molecule has 10 heteroatoms. The number of aliphatic imine (C=N–C) groups is 1. The van der Waals surface area contributed by atoms with E-state index in [0.29, 0.717) is 19.0 Å². The first-order chi connectivity index (χ1) is 14.5. The minimum Gasteiger partial charge on any atom is -0.435 e. The smallest absolute Gasteiger partial charge is 0.387 e. The minimum atomic E-state index is -2.87. The lowest BCUT2D eigenvalue weighted by atomic mass is 9.85. The van der Waals surface area contributed by atoms with Crippen LogP contribution in [0.25, 0.3) is 0 Å². The average molecular weight is 546 g/mol. The normalized spacial score (nSPS) is 26.3. The molecule has 3 aliphatic rings. The number of hydrogen-bond donors (Lipinski definition) is 2. The molecular weight excluding hydrogens is 521 g/mol. The zero-order valence-electron chi connectivity index (χ0n) is 17.0. The molecule has 0 aromatic heterocycles. The minimum absolute atomic E-state index is 0. The lowest BCUT2D eigenvalue weighted by molar-refractivity contribution is -0.140. The number of alkyl halides is 2. The summed E-state index contributed by atoms with van der Waals surface area (Å²) in [5.74, 6) is 0.469. The molecular formula is C21H25F2IN4O3. The maximum atomic E-state index is 12.7. The molecule has 0 spiro atoms. The van der Waals surface area contributed by atoms with Crippen LogP contribution < -0.4 is 15.4 Å². The quantitative estimate of drug-likeness (QED) is 0.181. The number of hydrogen-bond acceptors (Lipinski definition) is 4. The van der Waals surface area contributed by atoms with Crippen LogP contribution in [0.4, 0.5) is 8.78 Å². The Bertz CT molecular complexity index is 865. The van der Waals surface area contributed by atoms with E-state index in [9.17, 15) is 18.4 Å². The summed E-state index contributed by atoms with van der Waals surface area (Å²) < 4.78 is 29.1. The van der Waals surface area contributed by atoms with Gasteiger partial charge in [0.15, 0.2) is 5.96 Å². The molecule has 4 rings (SSSR count). The highest BCUT2D eigenvalue weighted by atomic mass is 127. The van der Waals surface area contributed by atoms with E-state index < -0.39 is 6.61 Å². The lowest BCUT2D eigenvalue weighted by Gasteiger charge is -2.18. The Morgan fingerprint density at radius 1 is 1.19 bits per heavy atom. The molecule has 1 saturated carbocycles. The number of imide groups is 1. The maximum Gasteiger partial charge on any atom is 0.387 e. The van der Waals surface area contributed by atoms with Gasteiger partial charge in [0, 0.05) is 26.7 Å². The number of halogens is 3. The monoisotopic (exact) mass is 546 g/mol. The van der Waals surface area contributed by atoms with Crippen molar-refractivity contribution in [1.29, 1.82) is 0 Å². The summed E-state index contributed by atoms with van der Waals surface area (Å²) in [6, 6.07) is 6.40. The van der Waals surface area contributed by atoms with Gasteiger partial charge in [0.05, 0.1) is 11.8 Å². The lowest BCUT2D eigenvalue weighted by Crippen LogP contribution is -2.43. The number of carbonyl (C=O) groups excluding carboxylic acids is 2. The molecule has 0 radical (unpaired) electrons. The van der Waals surface area contributed by atoms with Crippen LogP contribution >= 0.6 is 24.0 Å². The van der Waals surface area contributed by atoms with Gasteiger partial charge in [-0.3, -0.25) is 19.5 Å². The van der Waals surface area contributed by atoms with Crippen LogP contribution in [0.5, 0.6) is 5.75 Å². The number of benzene rings is 1. The molecule has 4 unspecified atom stereocenters. The van der Waals surface area contributed by atoms with Gasteiger partial charge in [-0.05, 0) is 36.0 Å². The second-order valence-corrected chi connectivity index (χ2v) is 7.71. The Morgan fingerprint density at radius 2 is 1.87 bits per heavy atom. The van der Waals surface area contributed by atoms with Crippen molar-refractivity contribution in [2.75, 3.05) is 20.1 Å². The van der Waals surface area contributed by atoms with Crippen molar-refractivity contribution < 1.29 is 23.1 Å². The van der Waals surface area contributed by atoms with Crippen LogP contribution in [0.1, 0.15) is 12.0 Å². The number of amides is 2. The van der Waals surface area contributed by atoms with Gasteiger partial charge in [0.1, 0.15) is 5.75 Å². The number of nitrogens with one attached hydrogen (secondary N) is 2. The van der Waals surface area contributed by atoms with E-state index in [1.54, 1.807) is 19.2 Å². The van der Waals surface area contributed by atoms with Crippen LogP contribution in [0.15, 0.2) is 41.4 Å². The van der Waals surface area contributed by atoms with E-state index in [0.717, 1.165) is 12.0 Å². The third-order valence-electron chi connectivity index (χ3n) is 6.00. The van der Waals surface area contributed by atoms with Crippen molar-refractivity contribution in [2.24, 2.45) is 28.7 Å². The molecule has 2 amide bonds. The van der Waals surface area contributed by atoms with Crippen LogP contribution in [0, 0.1) is 23.7 Å². The summed E-state index contributed by atoms with van der Waals surface area (Å²) in [4.78, 5) is 30.8. The highest BCUT2D eigenvalue weighted by Crippen LogP contribution is 2.52. The maximum absolute atomic E-state index is 12.7. The Labute approximate surface area is 196 Å². The standard InChI is InChI=1S/C21H24F2N4O3.HI/c1-24-21(26-11-12-3-2-4-15(9-12)30-20(22)23)25-7-8-27-18(28)16-13-5-6-14(10-13)17(16)19(27)29;/h2-6,9,13-14,16-17,20H,7-8,10-11H2,1H3,(H2,24,25,26);1H. The molecule has 1 aliphatic heterocycles. The number of nitrogens with zero attached hydrogens (tertiary/aromatic N) is 2. The fourth-order valence-corrected chi connectivity index (χ4v) is 4.71. The van der Waals surface area contributed by atoms with Crippen molar-refractivity contribution in [2.45, 2.75) is 19.6 Å². The van der Waals surface area contributed by atoms with E-state index in [1.807, 2.05) is 0 Å². The van der Waals surface area contributed by atoms with Crippen LogP contribution in [-0.2, 0) is 16.1 Å². The van der Waals surface area contributed by atoms with Gasteiger partial charge in [0.25, 0.3) is 0 Å². The second kappa shape index (κ2) is 9.92. The summed E-state index contributed by atoms with van der Waals surface area (Å²) in [7, 11) is 1.60. The molecule has 1 saturated heterocycles. The number of guanidine groups is 1. The van der Waals surface area contributed by atoms with Gasteiger partial charge in [-0.2, -0.15) is 8.78 Å². The molecule has 168 valence electrons. The van der Waals surface area contributed by atoms with Crippen LogP contribution in [0.3, 0.4) is 0 Å². The van der Waals surface area contributed by atoms with Gasteiger partial charge >= 0.3 is 6.61 Å². The number of rotatable bonds is 7. The summed E-state index contributed by atoms with van der Waals surface area (Å²) >= 11 is 0. The Balaban J connectivity index is 0.00000272. The van der Waals surface area contributed by atoms with E-state index in [2.05, 4.69) is 32.5 Å². The molecule has 1 heterocycles. The molecule has 7 nitrogen and oxygen atoms in total. The van der Waals surface area contributed by atoms with Crippen molar-refractivity contribution in [3.05, 3.63) is 42.0 Å². The van der Waals surface area contributed by atoms with Crippen molar-refractivity contribution in [3.63, 3.8) is 0 Å². The van der Waals surface area contributed by atoms with E-state index in [-0.39, 0.29) is 71.8 Å². The van der Waals surface area contributed by atoms with Crippen molar-refractivity contribution in [1.82, 2.24) is 15.5 Å². The second-order valence-electron chi connectivity index (χ2n) is 7.71. The number of likely N-dealkylation sites (tertiary alicyclic amines) is 1. The average Bonchev–Trinajstić information content (AvgIpc) is 3.39. The third-order valence-corrected chi connectivity index (χ3v) is 6.00. The summed E-state index contributed by atoms with van der Waals surface area (Å²) in [5, 5.41) is 6.16.